The van der Waals surface area contributed by atoms with E-state index in [4.69, 9.17) is 4.98 Å². The van der Waals surface area contributed by atoms with Crippen molar-refractivity contribution in [3.05, 3.63) is 59.1 Å². The molecule has 9 nitrogen and oxygen atoms in total. The van der Waals surface area contributed by atoms with Gasteiger partial charge >= 0.3 is 0 Å². The van der Waals surface area contributed by atoms with Crippen LogP contribution in [0.4, 0.5) is 5.69 Å². The summed E-state index contributed by atoms with van der Waals surface area (Å²) in [6, 6.07) is 11.0. The van der Waals surface area contributed by atoms with Gasteiger partial charge in [0, 0.05) is 60.9 Å². The number of rotatable bonds is 12. The Labute approximate surface area is 236 Å². The van der Waals surface area contributed by atoms with Crippen molar-refractivity contribution in [1.29, 1.82) is 0 Å². The zero-order valence-corrected chi connectivity index (χ0v) is 24.6. The molecule has 2 atom stereocenters. The molecule has 0 bridgehead atoms. The molecule has 0 saturated heterocycles. The van der Waals surface area contributed by atoms with E-state index in [0.717, 1.165) is 71.6 Å². The number of carbonyl (C=O) groups is 1. The van der Waals surface area contributed by atoms with Crippen LogP contribution in [0.25, 0.3) is 22.3 Å². The minimum atomic E-state index is 0.341. The van der Waals surface area contributed by atoms with Gasteiger partial charge in [-0.3, -0.25) is 19.5 Å². The van der Waals surface area contributed by atoms with Crippen molar-refractivity contribution in [3.63, 3.8) is 0 Å². The number of fused-ring (bicyclic) bond motifs is 1. The van der Waals surface area contributed by atoms with Crippen molar-refractivity contribution < 1.29 is 4.79 Å². The van der Waals surface area contributed by atoms with Gasteiger partial charge in [0.1, 0.15) is 6.29 Å². The summed E-state index contributed by atoms with van der Waals surface area (Å²) in [5.41, 5.74) is 8.81. The van der Waals surface area contributed by atoms with Gasteiger partial charge in [-0.25, -0.2) is 0 Å². The molecule has 0 radical (unpaired) electrons. The summed E-state index contributed by atoms with van der Waals surface area (Å²) in [6.45, 7) is 5.11. The Hall–Kier alpha value is -3.72. The standard InChI is InChI=1S/C31H42N8O/c1-20-14-22(19-40)15-27(35-20)25-17-33-38(6)29(25)9-7-8-28(23-10-11-23)39-30-16-24(34-21(2)18-37(4)5)12-13-26(30)36-31(39)32-3/h12-17,19,21,23,28,34H,7-11,18H2,1-6H3,(H,32,36)/t21-,28?/m1/s1. The van der Waals surface area contributed by atoms with Crippen LogP contribution >= 0.6 is 0 Å². The average Bonchev–Trinajstić information content (AvgIpc) is 3.60. The Balaban J connectivity index is 1.40. The van der Waals surface area contributed by atoms with Crippen molar-refractivity contribution in [3.8, 4) is 11.3 Å². The SMILES string of the molecule is C/N=c1\[nH]c2ccc(N[C@H](C)CN(C)C)cc2n1C(CCCc1c(-c2cc(C=O)cc(C)n2)cnn1C)C1CC1. The lowest BCUT2D eigenvalue weighted by Crippen LogP contribution is -2.29. The molecule has 1 aliphatic carbocycles. The van der Waals surface area contributed by atoms with Crippen molar-refractivity contribution in [1.82, 2.24) is 29.2 Å². The number of pyridine rings is 1. The highest BCUT2D eigenvalue weighted by Gasteiger charge is 2.33. The summed E-state index contributed by atoms with van der Waals surface area (Å²) in [4.78, 5) is 26.6. The van der Waals surface area contributed by atoms with Gasteiger partial charge in [0.25, 0.3) is 0 Å². The summed E-state index contributed by atoms with van der Waals surface area (Å²) in [7, 11) is 8.06. The molecule has 1 saturated carbocycles. The molecule has 1 aromatic carbocycles. The summed E-state index contributed by atoms with van der Waals surface area (Å²) < 4.78 is 4.39. The second-order valence-electron chi connectivity index (χ2n) is 11.6. The van der Waals surface area contributed by atoms with E-state index in [2.05, 4.69) is 69.1 Å². The normalized spacial score (nSPS) is 15.6. The van der Waals surface area contributed by atoms with Crippen LogP contribution in [0.3, 0.4) is 0 Å². The Morgan fingerprint density at radius 1 is 1.25 bits per heavy atom. The van der Waals surface area contributed by atoms with Gasteiger partial charge < -0.3 is 19.8 Å². The van der Waals surface area contributed by atoms with Crippen molar-refractivity contribution >= 4 is 23.0 Å². The number of anilines is 1. The molecule has 1 unspecified atom stereocenters. The van der Waals surface area contributed by atoms with Crippen LogP contribution in [-0.4, -0.2) is 69.2 Å². The Bertz CT molecular complexity index is 1560. The number of aromatic nitrogens is 5. The number of nitrogens with zero attached hydrogens (tertiary/aromatic N) is 6. The molecular formula is C31H42N8O. The van der Waals surface area contributed by atoms with Gasteiger partial charge in [0.05, 0.1) is 22.9 Å². The molecule has 1 fully saturated rings. The van der Waals surface area contributed by atoms with E-state index >= 15 is 0 Å². The number of benzene rings is 1. The summed E-state index contributed by atoms with van der Waals surface area (Å²) in [5, 5.41) is 8.21. The molecule has 0 aliphatic heterocycles. The first kappa shape index (κ1) is 27.8. The number of hydrogen-bond donors (Lipinski definition) is 2. The topological polar surface area (TPSA) is 96.1 Å². The number of H-pyrrole nitrogens is 1. The molecule has 5 rings (SSSR count). The molecular weight excluding hydrogens is 500 g/mol. The number of aryl methyl sites for hydroxylation is 2. The molecule has 3 heterocycles. The lowest BCUT2D eigenvalue weighted by molar-refractivity contribution is 0.112. The molecule has 0 spiro atoms. The lowest BCUT2D eigenvalue weighted by Gasteiger charge is -2.21. The average molecular weight is 543 g/mol. The smallest absolute Gasteiger partial charge is 0.203 e. The maximum absolute atomic E-state index is 11.5. The number of hydrogen-bond acceptors (Lipinski definition) is 6. The Morgan fingerprint density at radius 2 is 2.05 bits per heavy atom. The van der Waals surface area contributed by atoms with Gasteiger partial charge in [-0.15, -0.1) is 0 Å². The predicted molar refractivity (Wildman–Crippen MR) is 161 cm³/mol. The van der Waals surface area contributed by atoms with Crippen LogP contribution < -0.4 is 10.9 Å². The highest BCUT2D eigenvalue weighted by Crippen LogP contribution is 2.43. The van der Waals surface area contributed by atoms with Crippen LogP contribution in [0.2, 0.25) is 0 Å². The molecule has 3 aromatic heterocycles. The Kier molecular flexibility index (Phi) is 8.21. The van der Waals surface area contributed by atoms with Crippen molar-refractivity contribution in [2.75, 3.05) is 33.0 Å². The second kappa shape index (κ2) is 11.8. The third kappa shape index (κ3) is 6.04. The van der Waals surface area contributed by atoms with Gasteiger partial charge in [0.2, 0.25) is 5.62 Å². The van der Waals surface area contributed by atoms with Crippen LogP contribution in [0, 0.1) is 12.8 Å². The highest BCUT2D eigenvalue weighted by molar-refractivity contribution is 5.80. The highest BCUT2D eigenvalue weighted by atomic mass is 16.1. The fraction of sp³-hybridized carbons (Fsp3) is 0.484. The van der Waals surface area contributed by atoms with E-state index in [1.807, 2.05) is 44.0 Å². The zero-order valence-electron chi connectivity index (χ0n) is 24.6. The monoisotopic (exact) mass is 542 g/mol. The maximum Gasteiger partial charge on any atom is 0.203 e. The largest absolute Gasteiger partial charge is 0.381 e. The summed E-state index contributed by atoms with van der Waals surface area (Å²) in [5.74, 6) is 0.661. The first-order valence-corrected chi connectivity index (χ1v) is 14.3. The van der Waals surface area contributed by atoms with Crippen LogP contribution in [0.15, 0.2) is 41.5 Å². The van der Waals surface area contributed by atoms with E-state index in [-0.39, 0.29) is 0 Å². The number of imidazole rings is 1. The van der Waals surface area contributed by atoms with Crippen LogP contribution in [0.5, 0.6) is 0 Å². The van der Waals surface area contributed by atoms with Gasteiger partial charge in [0.15, 0.2) is 0 Å². The predicted octanol–water partition coefficient (Wildman–Crippen LogP) is 4.75. The third-order valence-corrected chi connectivity index (χ3v) is 7.86. The molecule has 9 heteroatoms. The van der Waals surface area contributed by atoms with E-state index in [0.29, 0.717) is 23.6 Å². The fourth-order valence-corrected chi connectivity index (χ4v) is 6.01. The minimum absolute atomic E-state index is 0.341. The first-order chi connectivity index (χ1) is 19.3. The minimum Gasteiger partial charge on any atom is -0.381 e. The van der Waals surface area contributed by atoms with E-state index in [1.165, 1.54) is 18.4 Å². The Morgan fingerprint density at radius 3 is 2.75 bits per heavy atom. The molecule has 4 aromatic rings. The molecule has 2 N–H and O–H groups in total. The molecule has 0 amide bonds. The van der Waals surface area contributed by atoms with E-state index < -0.39 is 0 Å². The summed E-state index contributed by atoms with van der Waals surface area (Å²) in [6.07, 6.45) is 8.21. The van der Waals surface area contributed by atoms with Crippen molar-refractivity contribution in [2.45, 2.75) is 58.0 Å². The fourth-order valence-electron chi connectivity index (χ4n) is 6.01. The number of carbonyl (C=O) groups excluding carboxylic acids is 1. The summed E-state index contributed by atoms with van der Waals surface area (Å²) >= 11 is 0. The van der Waals surface area contributed by atoms with E-state index in [1.54, 1.807) is 0 Å². The lowest BCUT2D eigenvalue weighted by atomic mass is 10.0. The number of aromatic amines is 1. The maximum atomic E-state index is 11.5. The third-order valence-electron chi connectivity index (χ3n) is 7.86. The quantitative estimate of drug-likeness (QED) is 0.252. The molecule has 1 aliphatic rings. The first-order valence-electron chi connectivity index (χ1n) is 14.3. The second-order valence-corrected chi connectivity index (χ2v) is 11.6. The van der Waals surface area contributed by atoms with E-state index in [9.17, 15) is 4.79 Å². The molecule has 212 valence electrons. The number of likely N-dealkylation sites (N-methyl/N-ethyl adjacent to an activating group) is 1. The number of aldehydes is 1. The molecule has 40 heavy (non-hydrogen) atoms. The zero-order chi connectivity index (χ0) is 28.4. The van der Waals surface area contributed by atoms with Gasteiger partial charge in [-0.2, -0.15) is 5.10 Å². The van der Waals surface area contributed by atoms with Gasteiger partial charge in [-0.1, -0.05) is 0 Å². The van der Waals surface area contributed by atoms with Crippen LogP contribution in [-0.2, 0) is 13.5 Å². The van der Waals surface area contributed by atoms with Gasteiger partial charge in [-0.05, 0) is 96.3 Å². The van der Waals surface area contributed by atoms with Crippen LogP contribution in [0.1, 0.15) is 60.4 Å². The number of nitrogens with one attached hydrogen (secondary N) is 2. The van der Waals surface area contributed by atoms with Crippen molar-refractivity contribution in [2.24, 2.45) is 18.0 Å².